The summed E-state index contributed by atoms with van der Waals surface area (Å²) in [6.07, 6.45) is 6.55. The molecule has 0 aliphatic rings. The average Bonchev–Trinajstić information content (AvgIpc) is 3.12. The molecular weight excluding hydrogens is 314 g/mol. The summed E-state index contributed by atoms with van der Waals surface area (Å²) >= 11 is 0. The van der Waals surface area contributed by atoms with Crippen molar-refractivity contribution in [2.75, 3.05) is 6.54 Å². The number of amides is 1. The number of unbranched alkanes of at least 4 members (excludes halogenated alkanes) is 2. The third-order valence-corrected chi connectivity index (χ3v) is 3.91. The molecule has 0 fully saturated rings. The van der Waals surface area contributed by atoms with Crippen LogP contribution in [0.25, 0.3) is 16.9 Å². The van der Waals surface area contributed by atoms with Crippen LogP contribution in [0.4, 0.5) is 0 Å². The minimum Gasteiger partial charge on any atom is -0.351 e. The molecule has 1 N–H and O–H groups in total. The Hall–Kier alpha value is -3.02. The molecule has 0 unspecified atom stereocenters. The van der Waals surface area contributed by atoms with Gasteiger partial charge in [-0.2, -0.15) is 0 Å². The molecule has 25 heavy (non-hydrogen) atoms. The number of carbonyl (C=O) groups excluding carboxylic acids is 1. The van der Waals surface area contributed by atoms with E-state index in [1.54, 1.807) is 17.1 Å². The Balaban J connectivity index is 1.96. The molecule has 6 nitrogen and oxygen atoms in total. The van der Waals surface area contributed by atoms with Gasteiger partial charge in [-0.3, -0.25) is 9.78 Å². The van der Waals surface area contributed by atoms with Gasteiger partial charge < -0.3 is 5.32 Å². The fraction of sp³-hybridized carbons (Fsp3) is 0.263. The molecule has 0 spiro atoms. The van der Waals surface area contributed by atoms with Gasteiger partial charge in [-0.25, -0.2) is 4.68 Å². The first-order valence-corrected chi connectivity index (χ1v) is 8.51. The Morgan fingerprint density at radius 3 is 2.56 bits per heavy atom. The van der Waals surface area contributed by atoms with Gasteiger partial charge in [-0.1, -0.05) is 43.2 Å². The van der Waals surface area contributed by atoms with Crippen LogP contribution in [-0.2, 0) is 0 Å². The van der Waals surface area contributed by atoms with E-state index < -0.39 is 0 Å². The maximum atomic E-state index is 12.6. The van der Waals surface area contributed by atoms with E-state index in [1.165, 1.54) is 0 Å². The van der Waals surface area contributed by atoms with Gasteiger partial charge in [0.25, 0.3) is 5.91 Å². The van der Waals surface area contributed by atoms with E-state index in [9.17, 15) is 4.79 Å². The van der Waals surface area contributed by atoms with Crippen molar-refractivity contribution in [1.82, 2.24) is 25.3 Å². The number of para-hydroxylation sites is 1. The normalized spacial score (nSPS) is 10.6. The van der Waals surface area contributed by atoms with Crippen LogP contribution in [0.1, 0.15) is 36.7 Å². The van der Waals surface area contributed by atoms with E-state index in [0.717, 1.165) is 30.5 Å². The molecule has 0 aliphatic carbocycles. The number of carbonyl (C=O) groups is 1. The molecule has 1 aromatic carbocycles. The van der Waals surface area contributed by atoms with Crippen molar-refractivity contribution >= 4 is 5.91 Å². The summed E-state index contributed by atoms with van der Waals surface area (Å²) in [6.45, 7) is 2.77. The lowest BCUT2D eigenvalue weighted by Gasteiger charge is -2.08. The smallest absolute Gasteiger partial charge is 0.274 e. The van der Waals surface area contributed by atoms with Crippen molar-refractivity contribution in [3.63, 3.8) is 0 Å². The van der Waals surface area contributed by atoms with E-state index in [-0.39, 0.29) is 5.91 Å². The first-order valence-electron chi connectivity index (χ1n) is 8.51. The Kier molecular flexibility index (Phi) is 5.51. The maximum absolute atomic E-state index is 12.6. The van der Waals surface area contributed by atoms with E-state index in [1.807, 2.05) is 42.5 Å². The highest BCUT2D eigenvalue weighted by Gasteiger charge is 2.21. The van der Waals surface area contributed by atoms with Gasteiger partial charge in [0.15, 0.2) is 5.69 Å². The number of hydrogen-bond acceptors (Lipinski definition) is 4. The van der Waals surface area contributed by atoms with Crippen LogP contribution < -0.4 is 5.32 Å². The number of hydrogen-bond donors (Lipinski definition) is 1. The molecule has 1 amide bonds. The molecule has 0 saturated carbocycles. The highest BCUT2D eigenvalue weighted by molar-refractivity contribution is 5.98. The highest BCUT2D eigenvalue weighted by atomic mass is 16.2. The van der Waals surface area contributed by atoms with Gasteiger partial charge in [0.2, 0.25) is 0 Å². The lowest BCUT2D eigenvalue weighted by Crippen LogP contribution is -2.25. The largest absolute Gasteiger partial charge is 0.351 e. The summed E-state index contributed by atoms with van der Waals surface area (Å²) < 4.78 is 1.69. The highest BCUT2D eigenvalue weighted by Crippen LogP contribution is 2.24. The van der Waals surface area contributed by atoms with Crippen molar-refractivity contribution in [3.8, 4) is 16.9 Å². The average molecular weight is 335 g/mol. The van der Waals surface area contributed by atoms with Gasteiger partial charge in [0.1, 0.15) is 5.69 Å². The molecule has 0 radical (unpaired) electrons. The van der Waals surface area contributed by atoms with Crippen LogP contribution in [0.2, 0.25) is 0 Å². The standard InChI is InChI=1S/C19H21N5O/c1-2-3-7-12-21-19(25)17-18(15-10-13-20-14-11-15)24(23-22-17)16-8-5-4-6-9-16/h4-6,8-11,13-14H,2-3,7,12H2,1H3,(H,21,25). The Morgan fingerprint density at radius 1 is 1.08 bits per heavy atom. The molecule has 0 saturated heterocycles. The molecule has 6 heteroatoms. The Labute approximate surface area is 146 Å². The second kappa shape index (κ2) is 8.19. The van der Waals surface area contributed by atoms with Crippen LogP contribution in [0.15, 0.2) is 54.9 Å². The second-order valence-corrected chi connectivity index (χ2v) is 5.73. The van der Waals surface area contributed by atoms with E-state index in [0.29, 0.717) is 17.9 Å². The zero-order valence-corrected chi connectivity index (χ0v) is 14.2. The zero-order chi connectivity index (χ0) is 17.5. The van der Waals surface area contributed by atoms with E-state index in [2.05, 4.69) is 27.5 Å². The van der Waals surface area contributed by atoms with Crippen LogP contribution in [-0.4, -0.2) is 32.4 Å². The minimum atomic E-state index is -0.204. The summed E-state index contributed by atoms with van der Waals surface area (Å²) in [5.74, 6) is -0.204. The Morgan fingerprint density at radius 2 is 1.84 bits per heavy atom. The maximum Gasteiger partial charge on any atom is 0.274 e. The molecule has 3 rings (SSSR count). The van der Waals surface area contributed by atoms with Gasteiger partial charge in [0.05, 0.1) is 5.69 Å². The zero-order valence-electron chi connectivity index (χ0n) is 14.2. The third-order valence-electron chi connectivity index (χ3n) is 3.91. The molecule has 128 valence electrons. The first kappa shape index (κ1) is 16.8. The summed E-state index contributed by atoms with van der Waals surface area (Å²) in [5, 5.41) is 11.3. The molecule has 2 heterocycles. The van der Waals surface area contributed by atoms with Gasteiger partial charge in [-0.15, -0.1) is 5.10 Å². The quantitative estimate of drug-likeness (QED) is 0.673. The van der Waals surface area contributed by atoms with Crippen molar-refractivity contribution in [3.05, 3.63) is 60.6 Å². The predicted molar refractivity (Wildman–Crippen MR) is 96.4 cm³/mol. The predicted octanol–water partition coefficient (Wildman–Crippen LogP) is 3.25. The SMILES string of the molecule is CCCCCNC(=O)c1nnn(-c2ccccc2)c1-c1ccncc1. The second-order valence-electron chi connectivity index (χ2n) is 5.73. The number of nitrogens with one attached hydrogen (secondary N) is 1. The summed E-state index contributed by atoms with van der Waals surface area (Å²) in [4.78, 5) is 16.7. The fourth-order valence-corrected chi connectivity index (χ4v) is 2.61. The molecule has 0 atom stereocenters. The molecule has 0 bridgehead atoms. The fourth-order valence-electron chi connectivity index (χ4n) is 2.61. The van der Waals surface area contributed by atoms with Gasteiger partial charge in [-0.05, 0) is 30.7 Å². The van der Waals surface area contributed by atoms with Crippen molar-refractivity contribution in [2.24, 2.45) is 0 Å². The number of aromatic nitrogens is 4. The summed E-state index contributed by atoms with van der Waals surface area (Å²) in [6, 6.07) is 13.4. The van der Waals surface area contributed by atoms with Crippen molar-refractivity contribution < 1.29 is 4.79 Å². The first-order chi connectivity index (χ1) is 12.3. The Bertz CT molecular complexity index is 814. The van der Waals surface area contributed by atoms with Crippen LogP contribution in [0.5, 0.6) is 0 Å². The molecule has 0 aliphatic heterocycles. The summed E-state index contributed by atoms with van der Waals surface area (Å²) in [7, 11) is 0. The van der Waals surface area contributed by atoms with Crippen LogP contribution >= 0.6 is 0 Å². The lowest BCUT2D eigenvalue weighted by molar-refractivity contribution is 0.0948. The number of pyridine rings is 1. The number of benzene rings is 1. The lowest BCUT2D eigenvalue weighted by atomic mass is 10.1. The van der Waals surface area contributed by atoms with Crippen LogP contribution in [0, 0.1) is 0 Å². The van der Waals surface area contributed by atoms with Crippen molar-refractivity contribution in [2.45, 2.75) is 26.2 Å². The van der Waals surface area contributed by atoms with Crippen LogP contribution in [0.3, 0.4) is 0 Å². The van der Waals surface area contributed by atoms with E-state index >= 15 is 0 Å². The number of rotatable bonds is 7. The summed E-state index contributed by atoms with van der Waals surface area (Å²) in [5.41, 5.74) is 2.70. The van der Waals surface area contributed by atoms with E-state index in [4.69, 9.17) is 0 Å². The van der Waals surface area contributed by atoms with Gasteiger partial charge in [0, 0.05) is 24.5 Å². The molecule has 3 aromatic rings. The number of nitrogens with zero attached hydrogens (tertiary/aromatic N) is 4. The monoisotopic (exact) mass is 335 g/mol. The molecule has 2 aromatic heterocycles. The molecular formula is C19H21N5O. The van der Waals surface area contributed by atoms with Gasteiger partial charge >= 0.3 is 0 Å². The van der Waals surface area contributed by atoms with Crippen molar-refractivity contribution in [1.29, 1.82) is 0 Å². The minimum absolute atomic E-state index is 0.204. The topological polar surface area (TPSA) is 72.7 Å². The third kappa shape index (κ3) is 3.91.